The second kappa shape index (κ2) is 9.32. The van der Waals surface area contributed by atoms with Gasteiger partial charge in [0.15, 0.2) is 11.5 Å². The van der Waals surface area contributed by atoms with Crippen molar-refractivity contribution in [2.75, 3.05) is 32.6 Å². The highest BCUT2D eigenvalue weighted by Crippen LogP contribution is 2.25. The van der Waals surface area contributed by atoms with Gasteiger partial charge in [-0.2, -0.15) is 0 Å². The number of hydrogen-bond donors (Lipinski definition) is 1. The van der Waals surface area contributed by atoms with Crippen LogP contribution in [0.1, 0.15) is 0 Å². The van der Waals surface area contributed by atoms with Crippen molar-refractivity contribution in [3.63, 3.8) is 0 Å². The molecule has 2 rings (SSSR count). The van der Waals surface area contributed by atoms with Crippen LogP contribution in [0.2, 0.25) is 0 Å². The molecule has 0 fully saturated rings. The summed E-state index contributed by atoms with van der Waals surface area (Å²) in [5.74, 6) is 2.62. The van der Waals surface area contributed by atoms with E-state index in [0.29, 0.717) is 6.61 Å². The van der Waals surface area contributed by atoms with Crippen LogP contribution in [0.3, 0.4) is 0 Å². The Balaban J connectivity index is 1.56. The zero-order chi connectivity index (χ0) is 14.8. The molecule has 0 amide bonds. The fourth-order valence-corrected chi connectivity index (χ4v) is 2.69. The Bertz CT molecular complexity index is 519. The summed E-state index contributed by atoms with van der Waals surface area (Å²) in [4.78, 5) is 1.31. The lowest BCUT2D eigenvalue weighted by Crippen LogP contribution is -2.23. The standard InChI is InChI=1S/C17H21NO2S/c1-19-16-9-5-6-10-17(16)20-13-11-18-12-14-21-15-7-3-2-4-8-15/h2-10,18H,11-14H2,1H3. The molecule has 0 aliphatic carbocycles. The van der Waals surface area contributed by atoms with Crippen molar-refractivity contribution < 1.29 is 9.47 Å². The van der Waals surface area contributed by atoms with Crippen molar-refractivity contribution in [2.45, 2.75) is 4.90 Å². The van der Waals surface area contributed by atoms with E-state index in [1.165, 1.54) is 4.90 Å². The van der Waals surface area contributed by atoms with Crippen molar-refractivity contribution in [1.29, 1.82) is 0 Å². The predicted molar refractivity (Wildman–Crippen MR) is 88.5 cm³/mol. The molecule has 0 bridgehead atoms. The van der Waals surface area contributed by atoms with E-state index < -0.39 is 0 Å². The number of thioether (sulfide) groups is 1. The van der Waals surface area contributed by atoms with E-state index >= 15 is 0 Å². The second-order valence-electron chi connectivity index (χ2n) is 4.41. The van der Waals surface area contributed by atoms with Crippen LogP contribution in [0.15, 0.2) is 59.5 Å². The van der Waals surface area contributed by atoms with Gasteiger partial charge in [0.1, 0.15) is 6.61 Å². The number of ether oxygens (including phenoxy) is 2. The molecule has 0 saturated heterocycles. The third kappa shape index (κ3) is 5.69. The summed E-state index contributed by atoms with van der Waals surface area (Å²) in [7, 11) is 1.65. The summed E-state index contributed by atoms with van der Waals surface area (Å²) in [6.07, 6.45) is 0. The van der Waals surface area contributed by atoms with E-state index in [1.807, 2.05) is 42.1 Å². The van der Waals surface area contributed by atoms with Crippen molar-refractivity contribution in [2.24, 2.45) is 0 Å². The van der Waals surface area contributed by atoms with Crippen LogP contribution in [0.4, 0.5) is 0 Å². The molecule has 2 aromatic carbocycles. The molecule has 0 spiro atoms. The van der Waals surface area contributed by atoms with Gasteiger partial charge in [0.05, 0.1) is 7.11 Å². The Hall–Kier alpha value is -1.65. The van der Waals surface area contributed by atoms with Crippen LogP contribution >= 0.6 is 11.8 Å². The van der Waals surface area contributed by atoms with Gasteiger partial charge in [-0.1, -0.05) is 30.3 Å². The number of para-hydroxylation sites is 2. The summed E-state index contributed by atoms with van der Waals surface area (Å²) in [6.45, 7) is 2.43. The van der Waals surface area contributed by atoms with Crippen LogP contribution in [-0.4, -0.2) is 32.6 Å². The topological polar surface area (TPSA) is 30.5 Å². The average molecular weight is 303 g/mol. The zero-order valence-corrected chi connectivity index (χ0v) is 13.1. The number of rotatable bonds is 9. The highest BCUT2D eigenvalue weighted by molar-refractivity contribution is 7.99. The zero-order valence-electron chi connectivity index (χ0n) is 12.2. The molecular formula is C17H21NO2S. The van der Waals surface area contributed by atoms with E-state index in [2.05, 4.69) is 29.6 Å². The molecule has 0 radical (unpaired) electrons. The van der Waals surface area contributed by atoms with E-state index in [9.17, 15) is 0 Å². The van der Waals surface area contributed by atoms with Crippen LogP contribution in [0, 0.1) is 0 Å². The lowest BCUT2D eigenvalue weighted by atomic mass is 10.3. The summed E-state index contributed by atoms with van der Waals surface area (Å²) in [5.41, 5.74) is 0. The minimum absolute atomic E-state index is 0.635. The van der Waals surface area contributed by atoms with Gasteiger partial charge in [-0.05, 0) is 24.3 Å². The van der Waals surface area contributed by atoms with Crippen molar-refractivity contribution in [3.8, 4) is 11.5 Å². The summed E-state index contributed by atoms with van der Waals surface area (Å²) < 4.78 is 10.9. The number of methoxy groups -OCH3 is 1. The van der Waals surface area contributed by atoms with Gasteiger partial charge in [0.2, 0.25) is 0 Å². The van der Waals surface area contributed by atoms with Gasteiger partial charge in [0.25, 0.3) is 0 Å². The van der Waals surface area contributed by atoms with Crippen molar-refractivity contribution in [3.05, 3.63) is 54.6 Å². The highest BCUT2D eigenvalue weighted by atomic mass is 32.2. The molecule has 112 valence electrons. The van der Waals surface area contributed by atoms with Crippen LogP contribution < -0.4 is 14.8 Å². The molecule has 0 atom stereocenters. The number of nitrogens with one attached hydrogen (secondary N) is 1. The summed E-state index contributed by atoms with van der Waals surface area (Å²) >= 11 is 1.86. The van der Waals surface area contributed by atoms with Gasteiger partial charge in [-0.3, -0.25) is 0 Å². The van der Waals surface area contributed by atoms with Gasteiger partial charge >= 0.3 is 0 Å². The van der Waals surface area contributed by atoms with Gasteiger partial charge in [-0.25, -0.2) is 0 Å². The first-order valence-electron chi connectivity index (χ1n) is 7.04. The number of hydrogen-bond acceptors (Lipinski definition) is 4. The van der Waals surface area contributed by atoms with Crippen molar-refractivity contribution >= 4 is 11.8 Å². The first-order chi connectivity index (χ1) is 10.4. The SMILES string of the molecule is COc1ccccc1OCCNCCSc1ccccc1. The molecule has 4 heteroatoms. The van der Waals surface area contributed by atoms with Gasteiger partial charge in [-0.15, -0.1) is 11.8 Å². The molecular weight excluding hydrogens is 282 g/mol. The Kier molecular flexibility index (Phi) is 6.98. The lowest BCUT2D eigenvalue weighted by molar-refractivity contribution is 0.293. The molecule has 0 saturated carbocycles. The first-order valence-corrected chi connectivity index (χ1v) is 8.03. The quantitative estimate of drug-likeness (QED) is 0.568. The Morgan fingerprint density at radius 2 is 1.62 bits per heavy atom. The molecule has 21 heavy (non-hydrogen) atoms. The molecule has 0 aromatic heterocycles. The maximum absolute atomic E-state index is 5.70. The second-order valence-corrected chi connectivity index (χ2v) is 5.58. The molecule has 0 unspecified atom stereocenters. The Labute approximate surface area is 130 Å². The molecule has 1 N–H and O–H groups in total. The third-order valence-corrected chi connectivity index (χ3v) is 3.91. The highest BCUT2D eigenvalue weighted by Gasteiger charge is 2.01. The number of benzene rings is 2. The third-order valence-electron chi connectivity index (χ3n) is 2.90. The van der Waals surface area contributed by atoms with E-state index in [-0.39, 0.29) is 0 Å². The first kappa shape index (κ1) is 15.7. The Morgan fingerprint density at radius 1 is 0.905 bits per heavy atom. The molecule has 3 nitrogen and oxygen atoms in total. The van der Waals surface area contributed by atoms with E-state index in [1.54, 1.807) is 7.11 Å². The lowest BCUT2D eigenvalue weighted by Gasteiger charge is -2.10. The average Bonchev–Trinajstić information content (AvgIpc) is 2.55. The minimum Gasteiger partial charge on any atom is -0.493 e. The molecule has 0 aliphatic rings. The summed E-state index contributed by atoms with van der Waals surface area (Å²) in [5, 5.41) is 3.38. The smallest absolute Gasteiger partial charge is 0.161 e. The largest absolute Gasteiger partial charge is 0.493 e. The maximum atomic E-state index is 5.70. The van der Waals surface area contributed by atoms with E-state index in [4.69, 9.17) is 9.47 Å². The summed E-state index contributed by atoms with van der Waals surface area (Å²) in [6, 6.07) is 18.1. The van der Waals surface area contributed by atoms with Crippen molar-refractivity contribution in [1.82, 2.24) is 5.32 Å². The molecule has 0 heterocycles. The normalized spacial score (nSPS) is 10.3. The monoisotopic (exact) mass is 303 g/mol. The van der Waals surface area contributed by atoms with Crippen LogP contribution in [-0.2, 0) is 0 Å². The fraction of sp³-hybridized carbons (Fsp3) is 0.294. The Morgan fingerprint density at radius 3 is 2.38 bits per heavy atom. The van der Waals surface area contributed by atoms with E-state index in [0.717, 1.165) is 30.3 Å². The molecule has 0 aliphatic heterocycles. The predicted octanol–water partition coefficient (Wildman–Crippen LogP) is 3.46. The molecule has 2 aromatic rings. The maximum Gasteiger partial charge on any atom is 0.161 e. The fourth-order valence-electron chi connectivity index (χ4n) is 1.85. The van der Waals surface area contributed by atoms with Crippen LogP contribution in [0.25, 0.3) is 0 Å². The minimum atomic E-state index is 0.635. The van der Waals surface area contributed by atoms with Crippen LogP contribution in [0.5, 0.6) is 11.5 Å². The van der Waals surface area contributed by atoms with Gasteiger partial charge in [0, 0.05) is 23.7 Å². The van der Waals surface area contributed by atoms with Gasteiger partial charge < -0.3 is 14.8 Å².